The van der Waals surface area contributed by atoms with Crippen LogP contribution >= 0.6 is 0 Å². The van der Waals surface area contributed by atoms with E-state index in [1.807, 2.05) is 41.0 Å². The number of piperidine rings is 1. The van der Waals surface area contributed by atoms with Crippen LogP contribution in [0.5, 0.6) is 0 Å². The number of ether oxygens (including phenoxy) is 2. The SMILES string of the molecule is CC1C(CN2CCC(n3c(=O)[nH]c4ccccc43)CC2)OC(c2cccc(-c3cccc(CNC(=O)NC45CC6CC(CC(C6)C4)C5)c3)c2)OC1c1ccc(CO)cc1. The molecule has 3 heterocycles. The first-order valence-electron chi connectivity index (χ1n) is 22.0. The highest BCUT2D eigenvalue weighted by atomic mass is 16.7. The number of carbonyl (C=O) groups is 1. The number of aliphatic hydroxyl groups is 1. The predicted molar refractivity (Wildman–Crippen MR) is 228 cm³/mol. The summed E-state index contributed by atoms with van der Waals surface area (Å²) in [5.41, 5.74) is 7.87. The number of aromatic nitrogens is 2. The van der Waals surface area contributed by atoms with E-state index < -0.39 is 6.29 Å². The molecule has 6 fully saturated rings. The second kappa shape index (κ2) is 16.0. The highest BCUT2D eigenvalue weighted by molar-refractivity contribution is 5.76. The van der Waals surface area contributed by atoms with Gasteiger partial charge in [0.25, 0.3) is 0 Å². The number of aromatic amines is 1. The molecule has 11 rings (SSSR count). The second-order valence-electron chi connectivity index (χ2n) is 18.5. The molecule has 10 nitrogen and oxygen atoms in total. The van der Waals surface area contributed by atoms with Gasteiger partial charge in [-0.2, -0.15) is 0 Å². The molecule has 2 amide bonds. The molecule has 0 spiro atoms. The number of hydrogen-bond acceptors (Lipinski definition) is 6. The molecule has 2 aliphatic heterocycles. The lowest BCUT2D eigenvalue weighted by molar-refractivity contribution is -0.276. The quantitative estimate of drug-likeness (QED) is 0.113. The molecular weight excluding hydrogens is 739 g/mol. The zero-order valence-electron chi connectivity index (χ0n) is 34.0. The van der Waals surface area contributed by atoms with Crippen LogP contribution in [-0.2, 0) is 22.6 Å². The van der Waals surface area contributed by atoms with Gasteiger partial charge in [0.1, 0.15) is 0 Å². The van der Waals surface area contributed by atoms with Crippen LogP contribution in [0.25, 0.3) is 22.2 Å². The fourth-order valence-electron chi connectivity index (χ4n) is 11.8. The number of nitrogens with one attached hydrogen (secondary N) is 3. The number of carbonyl (C=O) groups excluding carboxylic acids is 1. The number of H-pyrrole nitrogens is 1. The van der Waals surface area contributed by atoms with Gasteiger partial charge in [-0.1, -0.05) is 79.7 Å². The van der Waals surface area contributed by atoms with Crippen molar-refractivity contribution < 1.29 is 19.4 Å². The van der Waals surface area contributed by atoms with Gasteiger partial charge in [0.15, 0.2) is 6.29 Å². The standard InChI is InChI=1S/C49H57N5O5/c1-31-44(29-53-18-16-41(17-19-53)54-43-11-3-2-10-42(43)51-48(54)57)58-46(59-45(31)37-14-12-32(30-55)13-15-37)40-9-5-8-39(24-40)38-7-4-6-33(23-38)28-50-47(56)52-49-25-34-20-35(26-49)22-36(21-34)27-49/h2-15,23-24,31,34-36,41,44-46,55H,16-22,25-30H2,1H3,(H,51,57)(H2,50,52,56). The molecular formula is C49H57N5O5. The van der Waals surface area contributed by atoms with Crippen LogP contribution in [0.15, 0.2) is 102 Å². The molecule has 4 aliphatic carbocycles. The third kappa shape index (κ3) is 7.88. The number of nitrogens with zero attached hydrogens (tertiary/aromatic N) is 2. The van der Waals surface area contributed by atoms with Crippen molar-refractivity contribution in [2.24, 2.45) is 23.7 Å². The van der Waals surface area contributed by atoms with Gasteiger partial charge in [0.05, 0.1) is 29.8 Å². The van der Waals surface area contributed by atoms with Crippen molar-refractivity contribution in [2.75, 3.05) is 19.6 Å². The Labute approximate surface area is 346 Å². The monoisotopic (exact) mass is 795 g/mol. The fourth-order valence-corrected chi connectivity index (χ4v) is 11.8. The van der Waals surface area contributed by atoms with Crippen molar-refractivity contribution in [3.63, 3.8) is 0 Å². The predicted octanol–water partition coefficient (Wildman–Crippen LogP) is 8.39. The molecule has 4 aromatic carbocycles. The van der Waals surface area contributed by atoms with Crippen molar-refractivity contribution in [1.29, 1.82) is 0 Å². The zero-order valence-corrected chi connectivity index (χ0v) is 34.0. The maximum Gasteiger partial charge on any atom is 0.326 e. The van der Waals surface area contributed by atoms with Crippen molar-refractivity contribution in [1.82, 2.24) is 25.1 Å². The van der Waals surface area contributed by atoms with Crippen molar-refractivity contribution in [3.8, 4) is 11.1 Å². The summed E-state index contributed by atoms with van der Waals surface area (Å²) in [5.74, 6) is 2.41. The van der Waals surface area contributed by atoms with Gasteiger partial charge < -0.3 is 35.1 Å². The minimum atomic E-state index is -0.584. The number of amides is 2. The van der Waals surface area contributed by atoms with E-state index in [0.717, 1.165) is 114 Å². The zero-order chi connectivity index (χ0) is 40.1. The average Bonchev–Trinajstić information content (AvgIpc) is 3.59. The lowest BCUT2D eigenvalue weighted by Gasteiger charge is -2.56. The van der Waals surface area contributed by atoms with Crippen molar-refractivity contribution >= 4 is 17.1 Å². The molecule has 1 aromatic heterocycles. The van der Waals surface area contributed by atoms with Crippen molar-refractivity contribution in [2.45, 2.75) is 102 Å². The Bertz CT molecular complexity index is 2310. The van der Waals surface area contributed by atoms with Crippen LogP contribution in [0, 0.1) is 23.7 Å². The Balaban J connectivity index is 0.832. The number of hydrogen-bond donors (Lipinski definition) is 4. The molecule has 6 aliphatic rings. The van der Waals surface area contributed by atoms with Crippen LogP contribution in [0.2, 0.25) is 0 Å². The van der Waals surface area contributed by atoms with Gasteiger partial charge in [-0.3, -0.25) is 4.57 Å². The molecule has 10 heteroatoms. The van der Waals surface area contributed by atoms with Gasteiger partial charge >= 0.3 is 11.7 Å². The summed E-state index contributed by atoms with van der Waals surface area (Å²) in [4.78, 5) is 31.7. The Morgan fingerprint density at radius 3 is 2.24 bits per heavy atom. The summed E-state index contributed by atoms with van der Waals surface area (Å²) >= 11 is 0. The molecule has 5 aromatic rings. The fraction of sp³-hybridized carbons (Fsp3) is 0.469. The van der Waals surface area contributed by atoms with Crippen LogP contribution in [-0.4, -0.2) is 56.9 Å². The third-order valence-corrected chi connectivity index (χ3v) is 14.4. The number of rotatable bonds is 10. The maximum absolute atomic E-state index is 13.3. The third-order valence-electron chi connectivity index (χ3n) is 14.4. The topological polar surface area (TPSA) is 121 Å². The van der Waals surface area contributed by atoms with E-state index >= 15 is 0 Å². The Morgan fingerprint density at radius 1 is 0.814 bits per heavy atom. The van der Waals surface area contributed by atoms with E-state index in [1.165, 1.54) is 19.3 Å². The summed E-state index contributed by atoms with van der Waals surface area (Å²) in [6, 6.07) is 33.0. The average molecular weight is 796 g/mol. The highest BCUT2D eigenvalue weighted by Gasteiger charge is 2.51. The number of urea groups is 1. The molecule has 2 saturated heterocycles. The van der Waals surface area contributed by atoms with Crippen LogP contribution in [0.3, 0.4) is 0 Å². The summed E-state index contributed by atoms with van der Waals surface area (Å²) in [6.07, 6.45) is 8.34. The lowest BCUT2D eigenvalue weighted by Crippen LogP contribution is -2.61. The van der Waals surface area contributed by atoms with Gasteiger partial charge in [0, 0.05) is 49.2 Å². The first kappa shape index (κ1) is 38.5. The Hall–Kier alpha value is -4.74. The number of aliphatic hydroxyl groups excluding tert-OH is 1. The summed E-state index contributed by atoms with van der Waals surface area (Å²) < 4.78 is 15.7. The number of likely N-dealkylation sites (tertiary alicyclic amines) is 1. The molecule has 4 bridgehead atoms. The number of fused-ring (bicyclic) bond motifs is 1. The number of benzene rings is 4. The second-order valence-corrected chi connectivity index (χ2v) is 18.5. The summed E-state index contributed by atoms with van der Waals surface area (Å²) in [6.45, 7) is 5.17. The van der Waals surface area contributed by atoms with E-state index in [1.54, 1.807) is 0 Å². The van der Waals surface area contributed by atoms with E-state index in [4.69, 9.17) is 9.47 Å². The Morgan fingerprint density at radius 2 is 1.51 bits per heavy atom. The molecule has 4 N–H and O–H groups in total. The minimum Gasteiger partial charge on any atom is -0.392 e. The molecule has 4 atom stereocenters. The summed E-state index contributed by atoms with van der Waals surface area (Å²) in [5, 5.41) is 16.4. The lowest BCUT2D eigenvalue weighted by atomic mass is 9.53. The molecule has 308 valence electrons. The van der Waals surface area contributed by atoms with E-state index in [9.17, 15) is 14.7 Å². The Kier molecular flexibility index (Phi) is 10.4. The molecule has 4 saturated carbocycles. The number of para-hydroxylation sites is 2. The molecule has 0 radical (unpaired) electrons. The first-order chi connectivity index (χ1) is 28.8. The number of imidazole rings is 1. The first-order valence-corrected chi connectivity index (χ1v) is 22.0. The van der Waals surface area contributed by atoms with E-state index in [-0.39, 0.29) is 48.0 Å². The minimum absolute atomic E-state index is 0.00453. The van der Waals surface area contributed by atoms with Gasteiger partial charge in [-0.15, -0.1) is 0 Å². The van der Waals surface area contributed by atoms with Gasteiger partial charge in [-0.05, 0) is 121 Å². The van der Waals surface area contributed by atoms with Crippen molar-refractivity contribution in [3.05, 3.63) is 130 Å². The summed E-state index contributed by atoms with van der Waals surface area (Å²) in [7, 11) is 0. The maximum atomic E-state index is 13.3. The van der Waals surface area contributed by atoms with Gasteiger partial charge in [0.2, 0.25) is 0 Å². The van der Waals surface area contributed by atoms with E-state index in [2.05, 4.69) is 88.1 Å². The van der Waals surface area contributed by atoms with Crippen LogP contribution in [0.1, 0.15) is 99.0 Å². The van der Waals surface area contributed by atoms with Crippen LogP contribution < -0.4 is 16.3 Å². The molecule has 59 heavy (non-hydrogen) atoms. The van der Waals surface area contributed by atoms with Crippen LogP contribution in [0.4, 0.5) is 4.79 Å². The normalized spacial score (nSPS) is 29.5. The van der Waals surface area contributed by atoms with E-state index in [0.29, 0.717) is 6.54 Å². The molecule has 4 unspecified atom stereocenters. The smallest absolute Gasteiger partial charge is 0.326 e. The van der Waals surface area contributed by atoms with Gasteiger partial charge in [-0.25, -0.2) is 9.59 Å². The highest BCUT2D eigenvalue weighted by Crippen LogP contribution is 2.55. The largest absolute Gasteiger partial charge is 0.392 e.